The van der Waals surface area contributed by atoms with Gasteiger partial charge in [0.25, 0.3) is 0 Å². The van der Waals surface area contributed by atoms with Gasteiger partial charge in [0.15, 0.2) is 5.11 Å². The monoisotopic (exact) mass is 358 g/mol. The summed E-state index contributed by atoms with van der Waals surface area (Å²) in [6.45, 7) is 2.71. The van der Waals surface area contributed by atoms with Gasteiger partial charge in [-0.3, -0.25) is 0 Å². The number of rotatable bonds is 9. The zero-order chi connectivity index (χ0) is 17.0. The minimum absolute atomic E-state index is 0.849. The van der Waals surface area contributed by atoms with E-state index in [2.05, 4.69) is 77.1 Å². The summed E-state index contributed by atoms with van der Waals surface area (Å²) in [7, 11) is 0. The Morgan fingerprint density at radius 1 is 1.00 bits per heavy atom. The van der Waals surface area contributed by atoms with E-state index in [4.69, 9.17) is 12.2 Å². The van der Waals surface area contributed by atoms with Crippen molar-refractivity contribution in [3.05, 3.63) is 71.8 Å². The largest absolute Gasteiger partial charge is 0.363 e. The fourth-order valence-electron chi connectivity index (χ4n) is 2.49. The van der Waals surface area contributed by atoms with E-state index in [0.29, 0.717) is 0 Å². The number of nitrogens with one attached hydrogen (secondary N) is 1. The summed E-state index contributed by atoms with van der Waals surface area (Å²) in [6, 6.07) is 21.1. The quantitative estimate of drug-likeness (QED) is 0.529. The van der Waals surface area contributed by atoms with Crippen LogP contribution >= 0.6 is 24.0 Å². The van der Waals surface area contributed by atoms with Gasteiger partial charge in [-0.25, -0.2) is 0 Å². The molecule has 0 amide bonds. The molecule has 24 heavy (non-hydrogen) atoms. The SMILES string of the molecule is CSCCCNC(=S)N(CCc1ccccc1)Cc1ccccc1. The molecule has 2 aromatic carbocycles. The molecule has 1 N–H and O–H groups in total. The number of nitrogens with zero attached hydrogens (tertiary/aromatic N) is 1. The Morgan fingerprint density at radius 3 is 2.25 bits per heavy atom. The van der Waals surface area contributed by atoms with Gasteiger partial charge in [0.1, 0.15) is 0 Å². The highest BCUT2D eigenvalue weighted by atomic mass is 32.2. The Hall–Kier alpha value is -1.52. The Bertz CT molecular complexity index is 587. The van der Waals surface area contributed by atoms with Crippen molar-refractivity contribution in [2.45, 2.75) is 19.4 Å². The second-order valence-electron chi connectivity index (χ2n) is 5.72. The van der Waals surface area contributed by atoms with E-state index in [9.17, 15) is 0 Å². The van der Waals surface area contributed by atoms with Crippen molar-refractivity contribution in [3.63, 3.8) is 0 Å². The van der Waals surface area contributed by atoms with Crippen LogP contribution in [0.15, 0.2) is 60.7 Å². The topological polar surface area (TPSA) is 15.3 Å². The van der Waals surface area contributed by atoms with Crippen LogP contribution in [-0.4, -0.2) is 35.1 Å². The van der Waals surface area contributed by atoms with Crippen LogP contribution in [0.2, 0.25) is 0 Å². The Kier molecular flexibility index (Phi) is 8.71. The smallest absolute Gasteiger partial charge is 0.169 e. The number of thioether (sulfide) groups is 1. The maximum atomic E-state index is 5.65. The van der Waals surface area contributed by atoms with E-state index in [1.807, 2.05) is 11.8 Å². The molecule has 0 bridgehead atoms. The van der Waals surface area contributed by atoms with E-state index in [0.717, 1.165) is 43.3 Å². The predicted molar refractivity (Wildman–Crippen MR) is 111 cm³/mol. The molecule has 0 radical (unpaired) electrons. The van der Waals surface area contributed by atoms with Crippen LogP contribution in [0.5, 0.6) is 0 Å². The van der Waals surface area contributed by atoms with E-state index in [1.54, 1.807) is 0 Å². The van der Waals surface area contributed by atoms with Gasteiger partial charge in [-0.15, -0.1) is 0 Å². The molecule has 0 saturated heterocycles. The molecule has 0 aliphatic carbocycles. The van der Waals surface area contributed by atoms with Crippen molar-refractivity contribution < 1.29 is 0 Å². The molecule has 0 saturated carbocycles. The third kappa shape index (κ3) is 6.93. The van der Waals surface area contributed by atoms with Crippen molar-refractivity contribution in [2.75, 3.05) is 25.1 Å². The van der Waals surface area contributed by atoms with Crippen LogP contribution in [0.25, 0.3) is 0 Å². The summed E-state index contributed by atoms with van der Waals surface area (Å²) in [6.07, 6.45) is 4.28. The van der Waals surface area contributed by atoms with Gasteiger partial charge in [-0.1, -0.05) is 60.7 Å². The highest BCUT2D eigenvalue weighted by Crippen LogP contribution is 2.08. The second kappa shape index (κ2) is 11.1. The lowest BCUT2D eigenvalue weighted by Gasteiger charge is -2.26. The average Bonchev–Trinajstić information content (AvgIpc) is 2.64. The van der Waals surface area contributed by atoms with Crippen LogP contribution in [0.1, 0.15) is 17.5 Å². The summed E-state index contributed by atoms with van der Waals surface area (Å²) < 4.78 is 0. The highest BCUT2D eigenvalue weighted by molar-refractivity contribution is 7.98. The van der Waals surface area contributed by atoms with Crippen LogP contribution in [0.3, 0.4) is 0 Å². The number of thiocarbonyl (C=S) groups is 1. The van der Waals surface area contributed by atoms with E-state index in [-0.39, 0.29) is 0 Å². The van der Waals surface area contributed by atoms with Crippen molar-refractivity contribution in [3.8, 4) is 0 Å². The zero-order valence-corrected chi connectivity index (χ0v) is 15.9. The van der Waals surface area contributed by atoms with Gasteiger partial charge >= 0.3 is 0 Å². The maximum absolute atomic E-state index is 5.65. The first-order chi connectivity index (χ1) is 11.8. The van der Waals surface area contributed by atoms with Crippen LogP contribution in [0, 0.1) is 0 Å². The lowest BCUT2D eigenvalue weighted by molar-refractivity contribution is 0.409. The van der Waals surface area contributed by atoms with Gasteiger partial charge in [0, 0.05) is 19.6 Å². The molecule has 2 aromatic rings. The van der Waals surface area contributed by atoms with Crippen LogP contribution in [0.4, 0.5) is 0 Å². The summed E-state index contributed by atoms with van der Waals surface area (Å²) in [5.41, 5.74) is 2.64. The maximum Gasteiger partial charge on any atom is 0.169 e. The number of benzene rings is 2. The van der Waals surface area contributed by atoms with E-state index in [1.165, 1.54) is 11.1 Å². The van der Waals surface area contributed by atoms with Gasteiger partial charge < -0.3 is 10.2 Å². The van der Waals surface area contributed by atoms with Gasteiger partial charge in [-0.2, -0.15) is 11.8 Å². The van der Waals surface area contributed by atoms with Gasteiger partial charge in [0.05, 0.1) is 0 Å². The molecule has 0 spiro atoms. The van der Waals surface area contributed by atoms with E-state index < -0.39 is 0 Å². The molecule has 2 rings (SSSR count). The molecule has 0 heterocycles. The summed E-state index contributed by atoms with van der Waals surface area (Å²) >= 11 is 7.52. The van der Waals surface area contributed by atoms with Crippen molar-refractivity contribution >= 4 is 29.1 Å². The normalized spacial score (nSPS) is 10.4. The Labute approximate surface area is 155 Å². The van der Waals surface area contributed by atoms with Crippen LogP contribution < -0.4 is 5.32 Å². The average molecular weight is 359 g/mol. The fraction of sp³-hybridized carbons (Fsp3) is 0.350. The molecule has 128 valence electrons. The fourth-order valence-corrected chi connectivity index (χ4v) is 3.18. The summed E-state index contributed by atoms with van der Waals surface area (Å²) in [5, 5.41) is 4.28. The minimum Gasteiger partial charge on any atom is -0.363 e. The molecule has 2 nitrogen and oxygen atoms in total. The predicted octanol–water partition coefficient (Wildman–Crippen LogP) is 4.36. The summed E-state index contributed by atoms with van der Waals surface area (Å²) in [4.78, 5) is 2.27. The molecule has 0 atom stereocenters. The molecule has 0 aromatic heterocycles. The third-order valence-corrected chi connectivity index (χ3v) is 4.92. The first-order valence-corrected chi connectivity index (χ1v) is 10.2. The van der Waals surface area contributed by atoms with Gasteiger partial charge in [-0.05, 0) is 48.2 Å². The standard InChI is InChI=1S/C20H26N2S2/c1-24-16-8-14-21-20(23)22(17-19-11-6-3-7-12-19)15-13-18-9-4-2-5-10-18/h2-7,9-12H,8,13-17H2,1H3,(H,21,23). The Morgan fingerprint density at radius 2 is 1.62 bits per heavy atom. The summed E-state index contributed by atoms with van der Waals surface area (Å²) in [5.74, 6) is 1.16. The number of hydrogen-bond donors (Lipinski definition) is 1. The van der Waals surface area contributed by atoms with Crippen molar-refractivity contribution in [1.29, 1.82) is 0 Å². The minimum atomic E-state index is 0.849. The second-order valence-corrected chi connectivity index (χ2v) is 7.09. The molecular formula is C20H26N2S2. The first kappa shape index (κ1) is 18.8. The molecule has 0 fully saturated rings. The molecule has 4 heteroatoms. The molecule has 0 unspecified atom stereocenters. The van der Waals surface area contributed by atoms with Gasteiger partial charge in [0.2, 0.25) is 0 Å². The molecule has 0 aliphatic rings. The lowest BCUT2D eigenvalue weighted by atomic mass is 10.1. The third-order valence-electron chi connectivity index (χ3n) is 3.82. The zero-order valence-electron chi connectivity index (χ0n) is 14.3. The Balaban J connectivity index is 1.93. The highest BCUT2D eigenvalue weighted by Gasteiger charge is 2.10. The lowest BCUT2D eigenvalue weighted by Crippen LogP contribution is -2.40. The van der Waals surface area contributed by atoms with Crippen molar-refractivity contribution in [2.24, 2.45) is 0 Å². The van der Waals surface area contributed by atoms with Crippen LogP contribution in [-0.2, 0) is 13.0 Å². The van der Waals surface area contributed by atoms with E-state index >= 15 is 0 Å². The number of hydrogen-bond acceptors (Lipinski definition) is 2. The molecular weight excluding hydrogens is 332 g/mol. The first-order valence-electron chi connectivity index (χ1n) is 8.39. The molecule has 0 aliphatic heterocycles. The van der Waals surface area contributed by atoms with Crippen molar-refractivity contribution in [1.82, 2.24) is 10.2 Å².